The zero-order chi connectivity index (χ0) is 20.4. The van der Waals surface area contributed by atoms with Crippen molar-refractivity contribution in [3.8, 4) is 11.4 Å². The number of nitrogens with one attached hydrogen (secondary N) is 1. The molecule has 3 aromatic rings. The Morgan fingerprint density at radius 2 is 2.10 bits per heavy atom. The van der Waals surface area contributed by atoms with Crippen molar-refractivity contribution in [2.45, 2.75) is 44.3 Å². The zero-order valence-corrected chi connectivity index (χ0v) is 19.0. The van der Waals surface area contributed by atoms with Crippen LogP contribution >= 0.6 is 46.3 Å². The first-order valence-corrected chi connectivity index (χ1v) is 12.1. The quantitative estimate of drug-likeness (QED) is 0.456. The van der Waals surface area contributed by atoms with Crippen molar-refractivity contribution in [1.82, 2.24) is 14.8 Å². The molecular weight excluding hydrogens is 447 g/mol. The molecular formula is C20H20Cl2N4OS2. The number of aromatic nitrogens is 3. The Hall–Kier alpha value is -1.54. The lowest BCUT2D eigenvalue weighted by molar-refractivity contribution is -0.113. The highest BCUT2D eigenvalue weighted by atomic mass is 35.5. The molecule has 1 N–H and O–H groups in total. The van der Waals surface area contributed by atoms with Gasteiger partial charge >= 0.3 is 0 Å². The van der Waals surface area contributed by atoms with Gasteiger partial charge in [0, 0.05) is 22.4 Å². The Balaban J connectivity index is 1.48. The van der Waals surface area contributed by atoms with Gasteiger partial charge in [-0.25, -0.2) is 0 Å². The highest BCUT2D eigenvalue weighted by Gasteiger charge is 2.22. The van der Waals surface area contributed by atoms with Crippen molar-refractivity contribution >= 4 is 57.9 Å². The summed E-state index contributed by atoms with van der Waals surface area (Å²) in [5.74, 6) is 0.940. The zero-order valence-electron chi connectivity index (χ0n) is 15.9. The number of anilines is 1. The third-order valence-corrected chi connectivity index (χ3v) is 7.77. The summed E-state index contributed by atoms with van der Waals surface area (Å²) in [7, 11) is 0. The average molecular weight is 467 g/mol. The summed E-state index contributed by atoms with van der Waals surface area (Å²) in [6.45, 7) is 2.82. The lowest BCUT2D eigenvalue weighted by atomic mass is 9.96. The summed E-state index contributed by atoms with van der Waals surface area (Å²) in [4.78, 5) is 13.9. The summed E-state index contributed by atoms with van der Waals surface area (Å²) < 4.78 is 2.08. The molecule has 0 saturated heterocycles. The number of thioether (sulfide) groups is 1. The van der Waals surface area contributed by atoms with E-state index >= 15 is 0 Å². The number of rotatable bonds is 6. The molecule has 4 rings (SSSR count). The van der Waals surface area contributed by atoms with Crippen LogP contribution < -0.4 is 5.32 Å². The summed E-state index contributed by atoms with van der Waals surface area (Å²) in [5, 5.41) is 15.3. The van der Waals surface area contributed by atoms with E-state index in [2.05, 4.69) is 32.4 Å². The third kappa shape index (κ3) is 4.33. The molecule has 0 aliphatic heterocycles. The van der Waals surface area contributed by atoms with Crippen molar-refractivity contribution in [1.29, 1.82) is 0 Å². The molecule has 29 heavy (non-hydrogen) atoms. The summed E-state index contributed by atoms with van der Waals surface area (Å²) in [6, 6.07) is 5.16. The number of fused-ring (bicyclic) bond motifs is 1. The number of hydrogen-bond acceptors (Lipinski definition) is 5. The highest BCUT2D eigenvalue weighted by molar-refractivity contribution is 7.99. The minimum atomic E-state index is -0.167. The van der Waals surface area contributed by atoms with Gasteiger partial charge in [-0.05, 0) is 50.3 Å². The minimum Gasteiger partial charge on any atom is -0.324 e. The SMILES string of the molecule is CCn1c(SCC(=O)Nc2cccc(Cl)c2Cl)nnc1-c1csc2c1CCCC2. The van der Waals surface area contributed by atoms with Crippen LogP contribution in [0.25, 0.3) is 11.4 Å². The van der Waals surface area contributed by atoms with Gasteiger partial charge in [0.1, 0.15) is 0 Å². The van der Waals surface area contributed by atoms with Crippen LogP contribution in [0.4, 0.5) is 5.69 Å². The van der Waals surface area contributed by atoms with Gasteiger partial charge in [0.25, 0.3) is 0 Å². The van der Waals surface area contributed by atoms with Gasteiger partial charge in [0.2, 0.25) is 5.91 Å². The second-order valence-corrected chi connectivity index (χ2v) is 9.44. The largest absolute Gasteiger partial charge is 0.324 e. The molecule has 0 fully saturated rings. The molecule has 0 spiro atoms. The molecule has 1 aromatic carbocycles. The summed E-state index contributed by atoms with van der Waals surface area (Å²) in [5.41, 5.74) is 3.13. The molecule has 5 nitrogen and oxygen atoms in total. The van der Waals surface area contributed by atoms with Crippen LogP contribution in [0.1, 0.15) is 30.2 Å². The van der Waals surface area contributed by atoms with Gasteiger partial charge in [0.05, 0.1) is 21.5 Å². The number of halogens is 2. The number of nitrogens with zero attached hydrogens (tertiary/aromatic N) is 3. The van der Waals surface area contributed by atoms with E-state index in [1.165, 1.54) is 40.6 Å². The lowest BCUT2D eigenvalue weighted by Gasteiger charge is -2.13. The first-order chi connectivity index (χ1) is 14.1. The summed E-state index contributed by atoms with van der Waals surface area (Å²) >= 11 is 15.3. The average Bonchev–Trinajstić information content (AvgIpc) is 3.33. The molecule has 0 unspecified atom stereocenters. The van der Waals surface area contributed by atoms with E-state index < -0.39 is 0 Å². The van der Waals surface area contributed by atoms with Crippen LogP contribution in [0.5, 0.6) is 0 Å². The number of benzene rings is 1. The van der Waals surface area contributed by atoms with Crippen LogP contribution in [0.15, 0.2) is 28.7 Å². The fraction of sp³-hybridized carbons (Fsp3) is 0.350. The molecule has 0 bridgehead atoms. The first-order valence-electron chi connectivity index (χ1n) is 9.48. The van der Waals surface area contributed by atoms with Crippen molar-refractivity contribution < 1.29 is 4.79 Å². The van der Waals surface area contributed by atoms with Gasteiger partial charge in [-0.1, -0.05) is 41.0 Å². The summed E-state index contributed by atoms with van der Waals surface area (Å²) in [6.07, 6.45) is 4.76. The molecule has 0 radical (unpaired) electrons. The first kappa shape index (κ1) is 20.7. The van der Waals surface area contributed by atoms with Crippen LogP contribution in [0.3, 0.4) is 0 Å². The van der Waals surface area contributed by atoms with E-state index in [-0.39, 0.29) is 11.7 Å². The van der Waals surface area contributed by atoms with Crippen LogP contribution in [0, 0.1) is 0 Å². The van der Waals surface area contributed by atoms with Crippen molar-refractivity contribution in [2.24, 2.45) is 0 Å². The molecule has 2 aromatic heterocycles. The van der Waals surface area contributed by atoms with Crippen LogP contribution in [0.2, 0.25) is 10.0 Å². The van der Waals surface area contributed by atoms with Crippen LogP contribution in [-0.4, -0.2) is 26.4 Å². The van der Waals surface area contributed by atoms with Crippen LogP contribution in [-0.2, 0) is 24.2 Å². The molecule has 0 saturated carbocycles. The van der Waals surface area contributed by atoms with Crippen molar-refractivity contribution in [3.63, 3.8) is 0 Å². The Bertz CT molecular complexity index is 1050. The smallest absolute Gasteiger partial charge is 0.234 e. The van der Waals surface area contributed by atoms with Gasteiger partial charge in [-0.3, -0.25) is 4.79 Å². The van der Waals surface area contributed by atoms with Gasteiger partial charge < -0.3 is 9.88 Å². The molecule has 2 heterocycles. The number of aryl methyl sites for hydroxylation is 1. The van der Waals surface area contributed by atoms with E-state index in [1.807, 2.05) is 11.3 Å². The standard InChI is InChI=1S/C20H20Cl2N4OS2/c1-2-26-19(13-10-28-16-9-4-3-6-12(13)16)24-25-20(26)29-11-17(27)23-15-8-5-7-14(21)18(15)22/h5,7-8,10H,2-4,6,9,11H2,1H3,(H,23,27). The Morgan fingerprint density at radius 3 is 2.93 bits per heavy atom. The lowest BCUT2D eigenvalue weighted by Crippen LogP contribution is -2.15. The third-order valence-electron chi connectivity index (χ3n) is 4.89. The number of thiophene rings is 1. The second-order valence-electron chi connectivity index (χ2n) is 6.75. The maximum Gasteiger partial charge on any atom is 0.234 e. The topological polar surface area (TPSA) is 59.8 Å². The monoisotopic (exact) mass is 466 g/mol. The van der Waals surface area contributed by atoms with E-state index in [1.54, 1.807) is 18.2 Å². The van der Waals surface area contributed by atoms with E-state index in [4.69, 9.17) is 23.2 Å². The fourth-order valence-electron chi connectivity index (χ4n) is 3.48. The number of carbonyl (C=O) groups is 1. The van der Waals surface area contributed by atoms with Gasteiger partial charge in [-0.2, -0.15) is 0 Å². The Kier molecular flexibility index (Phi) is 6.49. The predicted molar refractivity (Wildman–Crippen MR) is 121 cm³/mol. The number of amides is 1. The van der Waals surface area contributed by atoms with Gasteiger partial charge in [-0.15, -0.1) is 21.5 Å². The number of hydrogen-bond donors (Lipinski definition) is 1. The van der Waals surface area contributed by atoms with E-state index in [9.17, 15) is 4.79 Å². The van der Waals surface area contributed by atoms with Crippen molar-refractivity contribution in [2.75, 3.05) is 11.1 Å². The highest BCUT2D eigenvalue weighted by Crippen LogP contribution is 2.37. The maximum atomic E-state index is 12.4. The van der Waals surface area contributed by atoms with E-state index in [0.717, 1.165) is 30.4 Å². The second kappa shape index (κ2) is 9.08. The Morgan fingerprint density at radius 1 is 1.28 bits per heavy atom. The van der Waals surface area contributed by atoms with Crippen molar-refractivity contribution in [3.05, 3.63) is 44.1 Å². The number of carbonyl (C=O) groups excluding carboxylic acids is 1. The molecule has 1 aliphatic carbocycles. The van der Waals surface area contributed by atoms with E-state index in [0.29, 0.717) is 15.7 Å². The minimum absolute atomic E-state index is 0.167. The Labute approximate surface area is 187 Å². The molecule has 152 valence electrons. The molecule has 1 aliphatic rings. The molecule has 1 amide bonds. The normalized spacial score (nSPS) is 13.3. The maximum absolute atomic E-state index is 12.4. The fourth-order valence-corrected chi connectivity index (χ4v) is 5.75. The molecule has 0 atom stereocenters. The predicted octanol–water partition coefficient (Wildman–Crippen LogP) is 5.94. The van der Waals surface area contributed by atoms with Gasteiger partial charge in [0.15, 0.2) is 11.0 Å². The molecule has 9 heteroatoms.